The smallest absolute Gasteiger partial charge is 0.269 e. The summed E-state index contributed by atoms with van der Waals surface area (Å²) >= 11 is 0. The zero-order valence-corrected chi connectivity index (χ0v) is 10.3. The van der Waals surface area contributed by atoms with Crippen molar-refractivity contribution >= 4 is 16.7 Å². The molecule has 2 aromatic carbocycles. The summed E-state index contributed by atoms with van der Waals surface area (Å²) in [5.41, 5.74) is 2.21. The summed E-state index contributed by atoms with van der Waals surface area (Å²) < 4.78 is 0. The van der Waals surface area contributed by atoms with Crippen LogP contribution in [-0.4, -0.2) is 20.1 Å². The van der Waals surface area contributed by atoms with Crippen LogP contribution in [0.4, 0.5) is 5.69 Å². The van der Waals surface area contributed by atoms with Crippen molar-refractivity contribution in [1.82, 2.24) is 15.2 Å². The van der Waals surface area contributed by atoms with Crippen LogP contribution in [-0.2, 0) is 6.61 Å². The third-order valence-electron chi connectivity index (χ3n) is 2.80. The molecule has 0 fully saturated rings. The fourth-order valence-electron chi connectivity index (χ4n) is 1.84. The lowest BCUT2D eigenvalue weighted by molar-refractivity contribution is -0.384. The van der Waals surface area contributed by atoms with Gasteiger partial charge in [-0.1, -0.05) is 29.1 Å². The van der Waals surface area contributed by atoms with Gasteiger partial charge in [-0.25, -0.2) is 0 Å². The van der Waals surface area contributed by atoms with Gasteiger partial charge in [0.2, 0.25) is 0 Å². The van der Waals surface area contributed by atoms with Gasteiger partial charge in [-0.05, 0) is 22.9 Å². The SMILES string of the molecule is O=[N+]([O-])c1cccc(COn2nnc3ccccc32)c1. The zero-order chi connectivity index (χ0) is 13.9. The molecule has 100 valence electrons. The second kappa shape index (κ2) is 4.96. The molecule has 7 nitrogen and oxygen atoms in total. The van der Waals surface area contributed by atoms with Crippen molar-refractivity contribution in [3.05, 3.63) is 64.2 Å². The molecular formula is C13H10N4O3. The van der Waals surface area contributed by atoms with E-state index >= 15 is 0 Å². The zero-order valence-electron chi connectivity index (χ0n) is 10.3. The van der Waals surface area contributed by atoms with E-state index in [9.17, 15) is 10.1 Å². The lowest BCUT2D eigenvalue weighted by Crippen LogP contribution is -2.12. The van der Waals surface area contributed by atoms with Crippen LogP contribution < -0.4 is 4.84 Å². The van der Waals surface area contributed by atoms with Crippen LogP contribution in [0.1, 0.15) is 5.56 Å². The molecule has 0 atom stereocenters. The fourth-order valence-corrected chi connectivity index (χ4v) is 1.84. The van der Waals surface area contributed by atoms with Gasteiger partial charge in [0.05, 0.1) is 4.92 Å². The molecule has 1 heterocycles. The van der Waals surface area contributed by atoms with Gasteiger partial charge in [-0.15, -0.1) is 5.10 Å². The highest BCUT2D eigenvalue weighted by molar-refractivity contribution is 5.73. The van der Waals surface area contributed by atoms with Gasteiger partial charge >= 0.3 is 0 Å². The Bertz CT molecular complexity index is 769. The number of nitro groups is 1. The summed E-state index contributed by atoms with van der Waals surface area (Å²) in [6, 6.07) is 13.7. The Kier molecular flexibility index (Phi) is 3.00. The van der Waals surface area contributed by atoms with Crippen molar-refractivity contribution in [1.29, 1.82) is 0 Å². The van der Waals surface area contributed by atoms with E-state index in [1.807, 2.05) is 24.3 Å². The third kappa shape index (κ3) is 2.28. The summed E-state index contributed by atoms with van der Waals surface area (Å²) in [6.07, 6.45) is 0. The molecule has 1 aromatic heterocycles. The predicted octanol–water partition coefficient (Wildman–Crippen LogP) is 1.97. The highest BCUT2D eigenvalue weighted by Crippen LogP contribution is 2.14. The maximum absolute atomic E-state index is 10.7. The van der Waals surface area contributed by atoms with Gasteiger partial charge < -0.3 is 4.84 Å². The van der Waals surface area contributed by atoms with Crippen molar-refractivity contribution in [3.63, 3.8) is 0 Å². The number of hydrogen-bond donors (Lipinski definition) is 0. The number of nitrogens with zero attached hydrogens (tertiary/aromatic N) is 4. The minimum absolute atomic E-state index is 0.0366. The molecule has 0 spiro atoms. The highest BCUT2D eigenvalue weighted by atomic mass is 16.7. The second-order valence-electron chi connectivity index (χ2n) is 4.15. The molecular weight excluding hydrogens is 260 g/mol. The number of benzene rings is 2. The molecule has 0 N–H and O–H groups in total. The number of fused-ring (bicyclic) bond motifs is 1. The highest BCUT2D eigenvalue weighted by Gasteiger charge is 2.08. The topological polar surface area (TPSA) is 83.1 Å². The minimum Gasteiger partial charge on any atom is -0.390 e. The standard InChI is InChI=1S/C13H10N4O3/c18-17(19)11-5-3-4-10(8-11)9-20-16-13-7-2-1-6-12(13)14-15-16/h1-8H,9H2. The first kappa shape index (κ1) is 12.1. The molecule has 0 radical (unpaired) electrons. The normalized spacial score (nSPS) is 10.6. The van der Waals surface area contributed by atoms with Crippen LogP contribution in [0.25, 0.3) is 11.0 Å². The van der Waals surface area contributed by atoms with Crippen molar-refractivity contribution in [2.24, 2.45) is 0 Å². The van der Waals surface area contributed by atoms with Crippen LogP contribution in [0, 0.1) is 10.1 Å². The molecule has 0 aliphatic carbocycles. The average molecular weight is 270 g/mol. The first-order chi connectivity index (χ1) is 9.74. The minimum atomic E-state index is -0.436. The van der Waals surface area contributed by atoms with Crippen molar-refractivity contribution < 1.29 is 9.76 Å². The molecule has 7 heteroatoms. The van der Waals surface area contributed by atoms with E-state index in [-0.39, 0.29) is 12.3 Å². The Morgan fingerprint density at radius 2 is 2.05 bits per heavy atom. The average Bonchev–Trinajstić information content (AvgIpc) is 2.89. The molecule has 0 amide bonds. The summed E-state index contributed by atoms with van der Waals surface area (Å²) in [6.45, 7) is 0.176. The maximum Gasteiger partial charge on any atom is 0.269 e. The Hall–Kier alpha value is -2.96. The van der Waals surface area contributed by atoms with Crippen molar-refractivity contribution in [3.8, 4) is 0 Å². The lowest BCUT2D eigenvalue weighted by atomic mass is 10.2. The monoisotopic (exact) mass is 270 g/mol. The first-order valence-corrected chi connectivity index (χ1v) is 5.91. The van der Waals surface area contributed by atoms with Gasteiger partial charge in [0.1, 0.15) is 17.6 Å². The van der Waals surface area contributed by atoms with Crippen molar-refractivity contribution in [2.45, 2.75) is 6.61 Å². The Morgan fingerprint density at radius 1 is 1.20 bits per heavy atom. The number of rotatable bonds is 4. The molecule has 0 saturated carbocycles. The summed E-state index contributed by atoms with van der Waals surface area (Å²) in [7, 11) is 0. The Balaban J connectivity index is 1.79. The van der Waals surface area contributed by atoms with E-state index in [4.69, 9.17) is 4.84 Å². The van der Waals surface area contributed by atoms with Gasteiger partial charge in [-0.2, -0.15) is 0 Å². The Morgan fingerprint density at radius 3 is 2.90 bits per heavy atom. The molecule has 0 aliphatic rings. The molecule has 0 unspecified atom stereocenters. The van der Waals surface area contributed by atoms with E-state index in [1.165, 1.54) is 17.0 Å². The van der Waals surface area contributed by atoms with Crippen LogP contribution in [0.3, 0.4) is 0 Å². The third-order valence-corrected chi connectivity index (χ3v) is 2.80. The first-order valence-electron chi connectivity index (χ1n) is 5.91. The lowest BCUT2D eigenvalue weighted by Gasteiger charge is -2.05. The number of hydrogen-bond acceptors (Lipinski definition) is 5. The summed E-state index contributed by atoms with van der Waals surface area (Å²) in [4.78, 5) is 17.1. The van der Waals surface area contributed by atoms with E-state index in [0.29, 0.717) is 5.56 Å². The molecule has 0 saturated heterocycles. The van der Waals surface area contributed by atoms with E-state index < -0.39 is 4.92 Å². The van der Waals surface area contributed by atoms with Gasteiger partial charge in [0, 0.05) is 12.1 Å². The fraction of sp³-hybridized carbons (Fsp3) is 0.0769. The largest absolute Gasteiger partial charge is 0.390 e. The van der Waals surface area contributed by atoms with Crippen molar-refractivity contribution in [2.75, 3.05) is 0 Å². The number of non-ortho nitro benzene ring substituents is 1. The quantitative estimate of drug-likeness (QED) is 0.534. The van der Waals surface area contributed by atoms with Crippen LogP contribution >= 0.6 is 0 Å². The van der Waals surface area contributed by atoms with Crippen LogP contribution in [0.5, 0.6) is 0 Å². The summed E-state index contributed by atoms with van der Waals surface area (Å²) in [5, 5.41) is 18.5. The molecule has 0 aliphatic heterocycles. The predicted molar refractivity (Wildman–Crippen MR) is 70.9 cm³/mol. The molecule has 3 aromatic rings. The van der Waals surface area contributed by atoms with Gasteiger partial charge in [0.15, 0.2) is 0 Å². The Labute approximate surface area is 113 Å². The maximum atomic E-state index is 10.7. The second-order valence-corrected chi connectivity index (χ2v) is 4.15. The molecule has 20 heavy (non-hydrogen) atoms. The van der Waals surface area contributed by atoms with E-state index in [2.05, 4.69) is 10.3 Å². The van der Waals surface area contributed by atoms with Gasteiger partial charge in [0.25, 0.3) is 5.69 Å². The molecule has 3 rings (SSSR count). The molecule has 0 bridgehead atoms. The van der Waals surface area contributed by atoms with Gasteiger partial charge in [-0.3, -0.25) is 10.1 Å². The number of para-hydroxylation sites is 1. The van der Waals surface area contributed by atoms with E-state index in [1.54, 1.807) is 12.1 Å². The van der Waals surface area contributed by atoms with Crippen LogP contribution in [0.15, 0.2) is 48.5 Å². The number of nitro benzene ring substituents is 1. The summed E-state index contributed by atoms with van der Waals surface area (Å²) in [5.74, 6) is 0. The van der Waals surface area contributed by atoms with E-state index in [0.717, 1.165) is 11.0 Å². The van der Waals surface area contributed by atoms with Crippen LogP contribution in [0.2, 0.25) is 0 Å². The number of aromatic nitrogens is 3.